The van der Waals surface area contributed by atoms with Gasteiger partial charge in [-0.25, -0.2) is 0 Å². The fourth-order valence-electron chi connectivity index (χ4n) is 2.57. The van der Waals surface area contributed by atoms with Gasteiger partial charge < -0.3 is 4.43 Å². The zero-order chi connectivity index (χ0) is 15.6. The Morgan fingerprint density at radius 1 is 1.40 bits per heavy atom. The Hall–Kier alpha value is -0.603. The molecule has 0 saturated carbocycles. The second-order valence-corrected chi connectivity index (χ2v) is 11.2. The van der Waals surface area contributed by atoms with Gasteiger partial charge in [0, 0.05) is 6.10 Å². The minimum atomic E-state index is -1.68. The van der Waals surface area contributed by atoms with E-state index in [0.29, 0.717) is 17.3 Å². The molecule has 0 radical (unpaired) electrons. The van der Waals surface area contributed by atoms with E-state index in [-0.39, 0.29) is 6.10 Å². The first kappa shape index (κ1) is 17.4. The van der Waals surface area contributed by atoms with Crippen molar-refractivity contribution in [1.82, 2.24) is 0 Å². The molecule has 0 spiro atoms. The summed E-state index contributed by atoms with van der Waals surface area (Å²) in [7, 11) is -1.68. The maximum Gasteiger partial charge on any atom is 0.210 e. The molecule has 114 valence electrons. The molecule has 0 aromatic carbocycles. The van der Waals surface area contributed by atoms with Gasteiger partial charge in [0.2, 0.25) is 8.32 Å². The van der Waals surface area contributed by atoms with Gasteiger partial charge in [0.05, 0.1) is 0 Å². The lowest BCUT2D eigenvalue weighted by molar-refractivity contribution is 0.177. The average molecular weight is 293 g/mol. The first-order valence-electron chi connectivity index (χ1n) is 7.77. The molecule has 1 aliphatic carbocycles. The van der Waals surface area contributed by atoms with Crippen molar-refractivity contribution in [2.75, 3.05) is 0 Å². The van der Waals surface area contributed by atoms with E-state index in [1.54, 1.807) is 0 Å². The van der Waals surface area contributed by atoms with E-state index in [1.165, 1.54) is 12.0 Å². The van der Waals surface area contributed by atoms with Gasteiger partial charge in [-0.05, 0) is 50.6 Å². The molecule has 0 bridgehead atoms. The summed E-state index contributed by atoms with van der Waals surface area (Å²) >= 11 is 0. The third-order valence-electron chi connectivity index (χ3n) is 4.99. The van der Waals surface area contributed by atoms with Crippen LogP contribution in [-0.4, -0.2) is 14.4 Å². The SMILES string of the molecule is C=C[Si](C)(C)OC(C)C(C)/C=C/C1CC=C(C)C1(C)C. The zero-order valence-corrected chi connectivity index (χ0v) is 15.4. The van der Waals surface area contributed by atoms with Crippen LogP contribution >= 0.6 is 0 Å². The second-order valence-electron chi connectivity index (χ2n) is 7.33. The van der Waals surface area contributed by atoms with Crippen LogP contribution in [-0.2, 0) is 4.43 Å². The molecule has 1 aliphatic rings. The Balaban J connectivity index is 2.61. The molecule has 0 saturated heterocycles. The van der Waals surface area contributed by atoms with E-state index in [9.17, 15) is 0 Å². The molecule has 0 heterocycles. The molecule has 0 aliphatic heterocycles. The van der Waals surface area contributed by atoms with Gasteiger partial charge in [0.25, 0.3) is 0 Å². The minimum Gasteiger partial charge on any atom is -0.410 e. The summed E-state index contributed by atoms with van der Waals surface area (Å²) in [6.07, 6.45) is 8.55. The van der Waals surface area contributed by atoms with Crippen LogP contribution in [0.5, 0.6) is 0 Å². The van der Waals surface area contributed by atoms with E-state index in [2.05, 4.69) is 72.5 Å². The summed E-state index contributed by atoms with van der Waals surface area (Å²) < 4.78 is 6.19. The van der Waals surface area contributed by atoms with Crippen molar-refractivity contribution in [1.29, 1.82) is 0 Å². The van der Waals surface area contributed by atoms with Crippen molar-refractivity contribution < 1.29 is 4.43 Å². The van der Waals surface area contributed by atoms with Crippen LogP contribution in [0.2, 0.25) is 13.1 Å². The lowest BCUT2D eigenvalue weighted by atomic mass is 9.77. The summed E-state index contributed by atoms with van der Waals surface area (Å²) in [6.45, 7) is 19.7. The van der Waals surface area contributed by atoms with Gasteiger partial charge in [-0.3, -0.25) is 0 Å². The normalized spacial score (nSPS) is 25.6. The van der Waals surface area contributed by atoms with Crippen LogP contribution in [0.15, 0.2) is 36.1 Å². The lowest BCUT2D eigenvalue weighted by Crippen LogP contribution is -2.34. The van der Waals surface area contributed by atoms with Gasteiger partial charge in [0.15, 0.2) is 0 Å². The molecular weight excluding hydrogens is 260 g/mol. The number of allylic oxidation sites excluding steroid dienone is 3. The van der Waals surface area contributed by atoms with Crippen molar-refractivity contribution in [2.45, 2.75) is 60.2 Å². The molecule has 20 heavy (non-hydrogen) atoms. The van der Waals surface area contributed by atoms with Crippen LogP contribution in [0.25, 0.3) is 0 Å². The molecule has 0 N–H and O–H groups in total. The van der Waals surface area contributed by atoms with Gasteiger partial charge in [-0.15, -0.1) is 6.58 Å². The van der Waals surface area contributed by atoms with Crippen LogP contribution in [0.3, 0.4) is 0 Å². The molecule has 3 unspecified atom stereocenters. The van der Waals surface area contributed by atoms with Crippen LogP contribution in [0.1, 0.15) is 41.0 Å². The van der Waals surface area contributed by atoms with E-state index >= 15 is 0 Å². The molecule has 2 heteroatoms. The minimum absolute atomic E-state index is 0.254. The fraction of sp³-hybridized carbons (Fsp3) is 0.667. The highest BCUT2D eigenvalue weighted by atomic mass is 28.4. The summed E-state index contributed by atoms with van der Waals surface area (Å²) in [4.78, 5) is 0. The van der Waals surface area contributed by atoms with E-state index in [4.69, 9.17) is 4.43 Å². The van der Waals surface area contributed by atoms with Crippen molar-refractivity contribution >= 4 is 8.32 Å². The third kappa shape index (κ3) is 4.19. The van der Waals surface area contributed by atoms with Crippen molar-refractivity contribution in [3.63, 3.8) is 0 Å². The highest BCUT2D eigenvalue weighted by Crippen LogP contribution is 2.43. The molecular formula is C18H32OSi. The quantitative estimate of drug-likeness (QED) is 0.463. The maximum atomic E-state index is 6.19. The van der Waals surface area contributed by atoms with Crippen molar-refractivity contribution in [3.05, 3.63) is 36.1 Å². The fourth-order valence-corrected chi connectivity index (χ4v) is 3.84. The monoisotopic (exact) mass is 292 g/mol. The molecule has 1 nitrogen and oxygen atoms in total. The van der Waals surface area contributed by atoms with E-state index in [0.717, 1.165) is 0 Å². The molecule has 1 rings (SSSR count). The standard InChI is InChI=1S/C18H32OSi/c1-9-20(7,8)19-16(4)14(2)10-12-17-13-11-15(3)18(17,5)6/h9-12,14,16-17H,1,13H2,2-8H3/b12-10+. The smallest absolute Gasteiger partial charge is 0.210 e. The Labute approximate surface area is 126 Å². The number of rotatable bonds is 6. The first-order valence-corrected chi connectivity index (χ1v) is 10.8. The molecule has 0 aromatic heterocycles. The molecule has 0 aromatic rings. The Kier molecular flexibility index (Phi) is 5.62. The Morgan fingerprint density at radius 3 is 2.45 bits per heavy atom. The zero-order valence-electron chi connectivity index (χ0n) is 14.4. The summed E-state index contributed by atoms with van der Waals surface area (Å²) in [5.74, 6) is 1.07. The van der Waals surface area contributed by atoms with Crippen LogP contribution < -0.4 is 0 Å². The highest BCUT2D eigenvalue weighted by Gasteiger charge is 2.33. The highest BCUT2D eigenvalue weighted by molar-refractivity contribution is 6.76. The molecule has 0 fully saturated rings. The maximum absolute atomic E-state index is 6.19. The van der Waals surface area contributed by atoms with Crippen LogP contribution in [0, 0.1) is 17.3 Å². The Morgan fingerprint density at radius 2 is 2.00 bits per heavy atom. The van der Waals surface area contributed by atoms with Gasteiger partial charge >= 0.3 is 0 Å². The lowest BCUT2D eigenvalue weighted by Gasteiger charge is -2.29. The van der Waals surface area contributed by atoms with E-state index in [1.807, 2.05) is 5.70 Å². The predicted octanol–water partition coefficient (Wildman–Crippen LogP) is 5.51. The topological polar surface area (TPSA) is 9.23 Å². The van der Waals surface area contributed by atoms with Gasteiger partial charge in [0.1, 0.15) is 0 Å². The summed E-state index contributed by atoms with van der Waals surface area (Å²) in [5.41, 5.74) is 3.83. The van der Waals surface area contributed by atoms with Gasteiger partial charge in [-0.1, -0.05) is 50.3 Å². The van der Waals surface area contributed by atoms with Crippen LogP contribution in [0.4, 0.5) is 0 Å². The van der Waals surface area contributed by atoms with Crippen molar-refractivity contribution in [3.8, 4) is 0 Å². The van der Waals surface area contributed by atoms with E-state index < -0.39 is 8.32 Å². The number of hydrogen-bond acceptors (Lipinski definition) is 1. The summed E-state index contributed by atoms with van der Waals surface area (Å²) in [5, 5.41) is 0. The summed E-state index contributed by atoms with van der Waals surface area (Å²) in [6, 6.07) is 0. The largest absolute Gasteiger partial charge is 0.410 e. The van der Waals surface area contributed by atoms with Crippen molar-refractivity contribution in [2.24, 2.45) is 17.3 Å². The number of hydrogen-bond donors (Lipinski definition) is 0. The molecule has 3 atom stereocenters. The van der Waals surface area contributed by atoms with Gasteiger partial charge in [-0.2, -0.15) is 0 Å². The molecule has 0 amide bonds. The Bertz CT molecular complexity index is 404. The second kappa shape index (κ2) is 6.44. The predicted molar refractivity (Wildman–Crippen MR) is 92.2 cm³/mol. The third-order valence-corrected chi connectivity index (χ3v) is 6.95. The first-order chi connectivity index (χ1) is 9.10. The average Bonchev–Trinajstić information content (AvgIpc) is 2.61.